The van der Waals surface area contributed by atoms with Crippen molar-refractivity contribution in [3.05, 3.63) is 29.3 Å². The van der Waals surface area contributed by atoms with Crippen molar-refractivity contribution < 1.29 is 0 Å². The van der Waals surface area contributed by atoms with Gasteiger partial charge in [0.05, 0.1) is 10.7 Å². The van der Waals surface area contributed by atoms with Gasteiger partial charge in [-0.25, -0.2) is 0 Å². The van der Waals surface area contributed by atoms with Gasteiger partial charge in [-0.2, -0.15) is 0 Å². The minimum atomic E-state index is 0.901. The Balaban J connectivity index is 2.32. The van der Waals surface area contributed by atoms with E-state index in [9.17, 15) is 0 Å². The maximum atomic E-state index is 6.47. The van der Waals surface area contributed by atoms with E-state index in [4.69, 9.17) is 11.6 Å². The Kier molecular flexibility index (Phi) is 14.8. The second-order valence-electron chi connectivity index (χ2n) is 7.68. The summed E-state index contributed by atoms with van der Waals surface area (Å²) in [5, 5.41) is 0.901. The summed E-state index contributed by atoms with van der Waals surface area (Å²) in [5.74, 6) is 0. The topological polar surface area (TPSA) is 3.24 Å². The van der Waals surface area contributed by atoms with Crippen molar-refractivity contribution in [3.8, 4) is 0 Å². The Bertz CT molecular complexity index is 414. The van der Waals surface area contributed by atoms with Gasteiger partial charge in [-0.1, -0.05) is 115 Å². The van der Waals surface area contributed by atoms with E-state index in [1.165, 1.54) is 95.6 Å². The highest BCUT2D eigenvalue weighted by atomic mass is 35.5. The number of para-hydroxylation sites is 1. The van der Waals surface area contributed by atoms with Crippen LogP contribution in [0.1, 0.15) is 104 Å². The number of halogens is 1. The first-order valence-electron chi connectivity index (χ1n) is 11.3. The maximum Gasteiger partial charge on any atom is 0.0639 e. The normalized spacial score (nSPS) is 11.0. The highest BCUT2D eigenvalue weighted by Crippen LogP contribution is 2.26. The van der Waals surface area contributed by atoms with Crippen molar-refractivity contribution in [1.29, 1.82) is 0 Å². The molecule has 0 bridgehead atoms. The molecule has 0 fully saturated rings. The molecule has 1 aromatic rings. The summed E-state index contributed by atoms with van der Waals surface area (Å²) in [6, 6.07) is 8.36. The van der Waals surface area contributed by atoms with Crippen molar-refractivity contribution in [1.82, 2.24) is 0 Å². The molecule has 0 saturated carbocycles. The second kappa shape index (κ2) is 16.5. The molecule has 0 amide bonds. The van der Waals surface area contributed by atoms with Gasteiger partial charge < -0.3 is 4.90 Å². The number of unbranched alkanes of at least 4 members (excludes halogenated alkanes) is 12. The van der Waals surface area contributed by atoms with Crippen LogP contribution in [0.4, 0.5) is 5.69 Å². The number of hydrogen-bond acceptors (Lipinski definition) is 1. The number of hydrogen-bond donors (Lipinski definition) is 0. The van der Waals surface area contributed by atoms with Gasteiger partial charge in [0.1, 0.15) is 0 Å². The molecule has 0 aliphatic rings. The lowest BCUT2D eigenvalue weighted by Crippen LogP contribution is -2.26. The van der Waals surface area contributed by atoms with Gasteiger partial charge in [0.25, 0.3) is 0 Å². The zero-order chi connectivity index (χ0) is 18.9. The fourth-order valence-corrected chi connectivity index (χ4v) is 3.84. The molecule has 2 heteroatoms. The number of anilines is 1. The minimum absolute atomic E-state index is 0.901. The molecule has 1 rings (SSSR count). The molecule has 0 saturated heterocycles. The predicted molar refractivity (Wildman–Crippen MR) is 120 cm³/mol. The standard InChI is InChI=1S/C24H42ClN/c1-3-5-7-9-11-13-17-21-26(24-20-16-15-19-23(24)25)22-18-14-12-10-8-6-4-2/h15-16,19-20H,3-14,17-18,21-22H2,1-2H3. The van der Waals surface area contributed by atoms with Gasteiger partial charge >= 0.3 is 0 Å². The molecule has 150 valence electrons. The van der Waals surface area contributed by atoms with Crippen LogP contribution in [0.2, 0.25) is 5.02 Å². The van der Waals surface area contributed by atoms with Gasteiger partial charge in [0.2, 0.25) is 0 Å². The van der Waals surface area contributed by atoms with Gasteiger partial charge in [-0.05, 0) is 25.0 Å². The van der Waals surface area contributed by atoms with E-state index >= 15 is 0 Å². The van der Waals surface area contributed by atoms with Gasteiger partial charge in [-0.15, -0.1) is 0 Å². The van der Waals surface area contributed by atoms with Crippen LogP contribution >= 0.6 is 11.6 Å². The van der Waals surface area contributed by atoms with E-state index in [0.29, 0.717) is 0 Å². The van der Waals surface area contributed by atoms with Crippen LogP contribution in [0, 0.1) is 0 Å². The number of rotatable bonds is 17. The number of nitrogens with zero attached hydrogens (tertiary/aromatic N) is 1. The Labute approximate surface area is 168 Å². The Morgan fingerprint density at radius 3 is 1.50 bits per heavy atom. The molecule has 0 spiro atoms. The third-order valence-corrected chi connectivity index (χ3v) is 5.58. The smallest absolute Gasteiger partial charge is 0.0639 e. The SMILES string of the molecule is CCCCCCCCCN(CCCCCCCCC)c1ccccc1Cl. The average Bonchev–Trinajstić information content (AvgIpc) is 2.65. The van der Waals surface area contributed by atoms with Crippen LogP contribution in [-0.4, -0.2) is 13.1 Å². The minimum Gasteiger partial charge on any atom is -0.370 e. The molecule has 0 N–H and O–H groups in total. The van der Waals surface area contributed by atoms with E-state index < -0.39 is 0 Å². The summed E-state index contributed by atoms with van der Waals surface area (Å²) in [6.45, 7) is 6.86. The van der Waals surface area contributed by atoms with Crippen LogP contribution in [0.15, 0.2) is 24.3 Å². The number of benzene rings is 1. The van der Waals surface area contributed by atoms with Crippen molar-refractivity contribution in [3.63, 3.8) is 0 Å². The summed E-state index contributed by atoms with van der Waals surface area (Å²) in [7, 11) is 0. The highest BCUT2D eigenvalue weighted by Gasteiger charge is 2.09. The van der Waals surface area contributed by atoms with E-state index in [0.717, 1.165) is 18.1 Å². The lowest BCUT2D eigenvalue weighted by atomic mass is 10.1. The first-order chi connectivity index (χ1) is 12.8. The van der Waals surface area contributed by atoms with Crippen LogP contribution in [-0.2, 0) is 0 Å². The van der Waals surface area contributed by atoms with E-state index in [2.05, 4.69) is 30.9 Å². The summed E-state index contributed by atoms with van der Waals surface area (Å²) < 4.78 is 0. The summed E-state index contributed by atoms with van der Waals surface area (Å²) >= 11 is 6.47. The molecule has 0 aromatic heterocycles. The lowest BCUT2D eigenvalue weighted by Gasteiger charge is -2.26. The summed E-state index contributed by atoms with van der Waals surface area (Å²) in [6.07, 6.45) is 19.1. The summed E-state index contributed by atoms with van der Waals surface area (Å²) in [4.78, 5) is 2.53. The van der Waals surface area contributed by atoms with Crippen molar-refractivity contribution in [2.24, 2.45) is 0 Å². The Morgan fingerprint density at radius 2 is 1.04 bits per heavy atom. The molecule has 0 atom stereocenters. The molecule has 0 radical (unpaired) electrons. The lowest BCUT2D eigenvalue weighted by molar-refractivity contribution is 0.564. The first-order valence-corrected chi connectivity index (χ1v) is 11.7. The quantitative estimate of drug-likeness (QED) is 0.245. The highest BCUT2D eigenvalue weighted by molar-refractivity contribution is 6.33. The fourth-order valence-electron chi connectivity index (χ4n) is 3.58. The molecular formula is C24H42ClN. The van der Waals surface area contributed by atoms with Crippen LogP contribution in [0.25, 0.3) is 0 Å². The van der Waals surface area contributed by atoms with Crippen LogP contribution in [0.3, 0.4) is 0 Å². The van der Waals surface area contributed by atoms with E-state index in [-0.39, 0.29) is 0 Å². The molecule has 1 aromatic carbocycles. The Hall–Kier alpha value is -0.690. The van der Waals surface area contributed by atoms with Gasteiger partial charge in [-0.3, -0.25) is 0 Å². The maximum absolute atomic E-state index is 6.47. The molecule has 0 aliphatic heterocycles. The third-order valence-electron chi connectivity index (χ3n) is 5.26. The first kappa shape index (κ1) is 23.3. The van der Waals surface area contributed by atoms with Crippen LogP contribution in [0.5, 0.6) is 0 Å². The average molecular weight is 380 g/mol. The second-order valence-corrected chi connectivity index (χ2v) is 8.09. The van der Waals surface area contributed by atoms with E-state index in [1.54, 1.807) is 0 Å². The van der Waals surface area contributed by atoms with Crippen molar-refractivity contribution >= 4 is 17.3 Å². The summed E-state index contributed by atoms with van der Waals surface area (Å²) in [5.41, 5.74) is 1.23. The largest absolute Gasteiger partial charge is 0.370 e. The fraction of sp³-hybridized carbons (Fsp3) is 0.750. The zero-order valence-electron chi connectivity index (χ0n) is 17.4. The molecule has 1 nitrogen and oxygen atoms in total. The van der Waals surface area contributed by atoms with Crippen molar-refractivity contribution in [2.45, 2.75) is 104 Å². The molecule has 26 heavy (non-hydrogen) atoms. The van der Waals surface area contributed by atoms with Crippen molar-refractivity contribution in [2.75, 3.05) is 18.0 Å². The molecule has 0 unspecified atom stereocenters. The Morgan fingerprint density at radius 1 is 0.615 bits per heavy atom. The van der Waals surface area contributed by atoms with E-state index in [1.807, 2.05) is 12.1 Å². The monoisotopic (exact) mass is 379 g/mol. The third kappa shape index (κ3) is 11.1. The van der Waals surface area contributed by atoms with Crippen LogP contribution < -0.4 is 4.90 Å². The molecule has 0 heterocycles. The predicted octanol–water partition coefficient (Wildman–Crippen LogP) is 8.65. The zero-order valence-corrected chi connectivity index (χ0v) is 18.2. The van der Waals surface area contributed by atoms with Gasteiger partial charge in [0, 0.05) is 13.1 Å². The van der Waals surface area contributed by atoms with Gasteiger partial charge in [0.15, 0.2) is 0 Å². The molecule has 0 aliphatic carbocycles. The molecular weight excluding hydrogens is 338 g/mol.